The van der Waals surface area contributed by atoms with E-state index in [0.29, 0.717) is 13.0 Å². The largest absolute Gasteiger partial charge is 0.444 e. The summed E-state index contributed by atoms with van der Waals surface area (Å²) in [6.45, 7) is 8.66. The summed E-state index contributed by atoms with van der Waals surface area (Å²) in [6, 6.07) is 0. The van der Waals surface area contributed by atoms with Crippen LogP contribution in [0.2, 0.25) is 0 Å². The van der Waals surface area contributed by atoms with Gasteiger partial charge in [0.2, 0.25) is 0 Å². The van der Waals surface area contributed by atoms with Crippen molar-refractivity contribution < 1.29 is 14.6 Å². The van der Waals surface area contributed by atoms with Crippen LogP contribution in [0.3, 0.4) is 0 Å². The Labute approximate surface area is 118 Å². The molecule has 1 N–H and O–H groups in total. The van der Waals surface area contributed by atoms with Crippen molar-refractivity contribution in [2.24, 2.45) is 0 Å². The third-order valence-electron chi connectivity index (χ3n) is 3.10. The average molecular weight is 282 g/mol. The summed E-state index contributed by atoms with van der Waals surface area (Å²) in [6.07, 6.45) is 1.48. The van der Waals surface area contributed by atoms with E-state index < -0.39 is 11.2 Å². The molecule has 2 heterocycles. The second-order valence-electron chi connectivity index (χ2n) is 6.23. The minimum atomic E-state index is -0.934. The third kappa shape index (κ3) is 3.27. The number of carbonyl (C=O) groups is 1. The lowest BCUT2D eigenvalue weighted by Crippen LogP contribution is -2.65. The van der Waals surface area contributed by atoms with Gasteiger partial charge in [0, 0.05) is 13.0 Å². The highest BCUT2D eigenvalue weighted by molar-refractivity contribution is 5.69. The van der Waals surface area contributed by atoms with Gasteiger partial charge in [-0.2, -0.15) is 5.10 Å². The molecule has 1 fully saturated rings. The van der Waals surface area contributed by atoms with E-state index in [1.807, 2.05) is 27.7 Å². The number of aliphatic hydroxyl groups is 1. The maximum absolute atomic E-state index is 11.8. The summed E-state index contributed by atoms with van der Waals surface area (Å²) in [4.78, 5) is 17.5. The number of hydrogen-bond donors (Lipinski definition) is 1. The number of ether oxygens (including phenoxy) is 1. The zero-order valence-electron chi connectivity index (χ0n) is 12.5. The third-order valence-corrected chi connectivity index (χ3v) is 3.10. The Morgan fingerprint density at radius 3 is 2.70 bits per heavy atom. The van der Waals surface area contributed by atoms with Gasteiger partial charge in [-0.15, -0.1) is 0 Å². The van der Waals surface area contributed by atoms with E-state index >= 15 is 0 Å². The molecule has 20 heavy (non-hydrogen) atoms. The van der Waals surface area contributed by atoms with E-state index in [4.69, 9.17) is 4.74 Å². The van der Waals surface area contributed by atoms with Crippen LogP contribution in [0, 0.1) is 0 Å². The Balaban J connectivity index is 1.89. The van der Waals surface area contributed by atoms with E-state index in [9.17, 15) is 9.90 Å². The number of hydrogen-bond acceptors (Lipinski definition) is 5. The smallest absolute Gasteiger partial charge is 0.410 e. The van der Waals surface area contributed by atoms with Crippen molar-refractivity contribution in [2.45, 2.75) is 51.9 Å². The molecule has 1 aliphatic heterocycles. The Kier molecular flexibility index (Phi) is 3.73. The number of likely N-dealkylation sites (tertiary alicyclic amines) is 1. The fourth-order valence-electron chi connectivity index (χ4n) is 2.22. The van der Waals surface area contributed by atoms with Gasteiger partial charge in [0.05, 0.1) is 13.1 Å². The molecule has 7 nitrogen and oxygen atoms in total. The summed E-state index contributed by atoms with van der Waals surface area (Å²) < 4.78 is 7.00. The van der Waals surface area contributed by atoms with E-state index in [1.165, 1.54) is 11.2 Å². The van der Waals surface area contributed by atoms with Crippen molar-refractivity contribution in [3.63, 3.8) is 0 Å². The first-order chi connectivity index (χ1) is 9.22. The van der Waals surface area contributed by atoms with Crippen molar-refractivity contribution in [3.8, 4) is 0 Å². The number of nitrogens with zero attached hydrogens (tertiary/aromatic N) is 4. The van der Waals surface area contributed by atoms with Gasteiger partial charge in [-0.1, -0.05) is 0 Å². The minimum Gasteiger partial charge on any atom is -0.444 e. The molecule has 0 unspecified atom stereocenters. The van der Waals surface area contributed by atoms with Crippen molar-refractivity contribution in [3.05, 3.63) is 12.2 Å². The van der Waals surface area contributed by atoms with Gasteiger partial charge in [-0.05, 0) is 27.7 Å². The number of aryl methyl sites for hydroxylation is 1. The molecule has 0 atom stereocenters. The Hall–Kier alpha value is -1.63. The normalized spacial score (nSPS) is 17.8. The highest BCUT2D eigenvalue weighted by atomic mass is 16.6. The molecule has 0 aromatic carbocycles. The van der Waals surface area contributed by atoms with E-state index in [0.717, 1.165) is 5.82 Å². The first kappa shape index (κ1) is 14.8. The van der Waals surface area contributed by atoms with Crippen LogP contribution in [0.15, 0.2) is 6.33 Å². The van der Waals surface area contributed by atoms with Crippen molar-refractivity contribution in [1.29, 1.82) is 0 Å². The molecule has 0 bridgehead atoms. The van der Waals surface area contributed by atoms with Crippen LogP contribution < -0.4 is 0 Å². The number of carbonyl (C=O) groups excluding carboxylic acids is 1. The van der Waals surface area contributed by atoms with Crippen LogP contribution >= 0.6 is 0 Å². The Bertz CT molecular complexity index is 486. The quantitative estimate of drug-likeness (QED) is 0.888. The summed E-state index contributed by atoms with van der Waals surface area (Å²) >= 11 is 0. The van der Waals surface area contributed by atoms with Gasteiger partial charge in [0.25, 0.3) is 0 Å². The summed E-state index contributed by atoms with van der Waals surface area (Å²) in [7, 11) is 0. The molecule has 1 aromatic rings. The van der Waals surface area contributed by atoms with Crippen molar-refractivity contribution in [1.82, 2.24) is 19.7 Å². The van der Waals surface area contributed by atoms with E-state index in [2.05, 4.69) is 10.1 Å². The van der Waals surface area contributed by atoms with Crippen LogP contribution in [0.1, 0.15) is 33.5 Å². The number of rotatable bonds is 3. The standard InChI is InChI=1S/C13H22N4O3/c1-5-17-10(14-9-15-17)6-13(19)7-16(8-13)11(18)20-12(2,3)4/h9,19H,5-8H2,1-4H3. The molecule has 0 aliphatic carbocycles. The molecule has 1 aromatic heterocycles. The SMILES string of the molecule is CCn1ncnc1CC1(O)CN(C(=O)OC(C)(C)C)C1. The van der Waals surface area contributed by atoms with Gasteiger partial charge in [-0.3, -0.25) is 4.68 Å². The van der Waals surface area contributed by atoms with Gasteiger partial charge < -0.3 is 14.7 Å². The van der Waals surface area contributed by atoms with Gasteiger partial charge in [0.1, 0.15) is 23.4 Å². The van der Waals surface area contributed by atoms with Crippen LogP contribution in [0.25, 0.3) is 0 Å². The predicted octanol–water partition coefficient (Wildman–Crippen LogP) is 0.822. The molecule has 1 saturated heterocycles. The fraction of sp³-hybridized carbons (Fsp3) is 0.769. The van der Waals surface area contributed by atoms with Crippen LogP contribution in [0.5, 0.6) is 0 Å². The second-order valence-corrected chi connectivity index (χ2v) is 6.23. The molecule has 7 heteroatoms. The molecule has 1 amide bonds. The number of β-amino-alcohol motifs (C(OH)–C–C–N with tert-alkyl or cyclic N) is 1. The average Bonchev–Trinajstić information content (AvgIpc) is 2.70. The number of aromatic nitrogens is 3. The highest BCUT2D eigenvalue weighted by Crippen LogP contribution is 2.26. The lowest BCUT2D eigenvalue weighted by Gasteiger charge is -2.46. The van der Waals surface area contributed by atoms with Crippen LogP contribution in [0.4, 0.5) is 4.79 Å². The summed E-state index contributed by atoms with van der Waals surface area (Å²) in [5.74, 6) is 0.735. The molecule has 1 aliphatic rings. The molecule has 0 radical (unpaired) electrons. The Morgan fingerprint density at radius 2 is 2.15 bits per heavy atom. The second kappa shape index (κ2) is 5.05. The van der Waals surface area contributed by atoms with Crippen LogP contribution in [-0.4, -0.2) is 55.2 Å². The zero-order chi connectivity index (χ0) is 15.0. The molecule has 2 rings (SSSR count). The molecular weight excluding hydrogens is 260 g/mol. The van der Waals surface area contributed by atoms with Crippen molar-refractivity contribution >= 4 is 6.09 Å². The van der Waals surface area contributed by atoms with Crippen LogP contribution in [-0.2, 0) is 17.7 Å². The first-order valence-corrected chi connectivity index (χ1v) is 6.79. The lowest BCUT2D eigenvalue weighted by molar-refractivity contribution is -0.0986. The molecular formula is C13H22N4O3. The first-order valence-electron chi connectivity index (χ1n) is 6.79. The summed E-state index contributed by atoms with van der Waals surface area (Å²) in [5, 5.41) is 14.5. The van der Waals surface area contributed by atoms with Crippen molar-refractivity contribution in [2.75, 3.05) is 13.1 Å². The zero-order valence-corrected chi connectivity index (χ0v) is 12.5. The monoisotopic (exact) mass is 282 g/mol. The fourth-order valence-corrected chi connectivity index (χ4v) is 2.22. The predicted molar refractivity (Wildman–Crippen MR) is 72.2 cm³/mol. The molecule has 112 valence electrons. The highest BCUT2D eigenvalue weighted by Gasteiger charge is 2.46. The van der Waals surface area contributed by atoms with E-state index in [-0.39, 0.29) is 19.2 Å². The van der Waals surface area contributed by atoms with Gasteiger partial charge in [-0.25, -0.2) is 9.78 Å². The maximum Gasteiger partial charge on any atom is 0.410 e. The van der Waals surface area contributed by atoms with Gasteiger partial charge >= 0.3 is 6.09 Å². The summed E-state index contributed by atoms with van der Waals surface area (Å²) in [5.41, 5.74) is -1.45. The topological polar surface area (TPSA) is 80.5 Å². The van der Waals surface area contributed by atoms with Gasteiger partial charge in [0.15, 0.2) is 0 Å². The minimum absolute atomic E-state index is 0.262. The molecule has 0 spiro atoms. The van der Waals surface area contributed by atoms with E-state index in [1.54, 1.807) is 4.68 Å². The maximum atomic E-state index is 11.8. The Morgan fingerprint density at radius 1 is 1.50 bits per heavy atom. The number of amides is 1. The lowest BCUT2D eigenvalue weighted by atomic mass is 9.90. The molecule has 0 saturated carbocycles.